The van der Waals surface area contributed by atoms with Crippen molar-refractivity contribution in [2.45, 2.75) is 44.9 Å². The van der Waals surface area contributed by atoms with Gasteiger partial charge in [0.25, 0.3) is 5.91 Å². The number of ether oxygens (including phenoxy) is 1. The fourth-order valence-electron chi connectivity index (χ4n) is 3.68. The number of para-hydroxylation sites is 1. The zero-order chi connectivity index (χ0) is 24.3. The number of carbonyl (C=O) groups excluding carboxylic acids is 1. The summed E-state index contributed by atoms with van der Waals surface area (Å²) in [6.45, 7) is 5.35. The monoisotopic (exact) mass is 497 g/mol. The maximum Gasteiger partial charge on any atom is 0.263 e. The largest absolute Gasteiger partial charge is 0.462 e. The average molecular weight is 498 g/mol. The number of hydrogen-bond acceptors (Lipinski definition) is 5. The molecule has 4 aromatic rings. The third kappa shape index (κ3) is 5.48. The van der Waals surface area contributed by atoms with Gasteiger partial charge in [0.15, 0.2) is 5.60 Å². The van der Waals surface area contributed by atoms with Crippen molar-refractivity contribution in [3.05, 3.63) is 82.5 Å². The second-order valence-corrected chi connectivity index (χ2v) is 9.48. The van der Waals surface area contributed by atoms with E-state index in [1.165, 1.54) is 6.20 Å². The Morgan fingerprint density at radius 2 is 1.76 bits per heavy atom. The SMILES string of the molecule is CC(NC(=O)C(C)(C)Oc1ccc(Cl)cn1)C(Cc1ccc(Cl)cc1)n1nnc2ccccc21. The highest BCUT2D eigenvalue weighted by molar-refractivity contribution is 6.30. The Bertz CT molecular complexity index is 1270. The number of halogens is 2. The molecule has 0 aliphatic heterocycles. The molecule has 0 saturated heterocycles. The van der Waals surface area contributed by atoms with Gasteiger partial charge in [-0.3, -0.25) is 4.79 Å². The fourth-order valence-corrected chi connectivity index (χ4v) is 3.91. The van der Waals surface area contributed by atoms with Crippen LogP contribution in [0.4, 0.5) is 0 Å². The summed E-state index contributed by atoms with van der Waals surface area (Å²) >= 11 is 12.0. The molecule has 2 aromatic heterocycles. The Hall–Kier alpha value is -3.16. The summed E-state index contributed by atoms with van der Waals surface area (Å²) in [7, 11) is 0. The van der Waals surface area contributed by atoms with Gasteiger partial charge in [0.05, 0.1) is 16.6 Å². The van der Waals surface area contributed by atoms with E-state index in [-0.39, 0.29) is 18.0 Å². The summed E-state index contributed by atoms with van der Waals surface area (Å²) in [5, 5.41) is 13.0. The van der Waals surface area contributed by atoms with Gasteiger partial charge in [-0.2, -0.15) is 0 Å². The van der Waals surface area contributed by atoms with Crippen LogP contribution in [-0.4, -0.2) is 37.5 Å². The predicted molar refractivity (Wildman–Crippen MR) is 133 cm³/mol. The molecule has 0 radical (unpaired) electrons. The van der Waals surface area contributed by atoms with E-state index in [0.29, 0.717) is 22.3 Å². The maximum atomic E-state index is 13.2. The quantitative estimate of drug-likeness (QED) is 0.358. The first-order chi connectivity index (χ1) is 16.2. The lowest BCUT2D eigenvalue weighted by Crippen LogP contribution is -2.51. The van der Waals surface area contributed by atoms with Crippen LogP contribution >= 0.6 is 23.2 Å². The lowest BCUT2D eigenvalue weighted by atomic mass is 9.99. The molecule has 2 atom stereocenters. The number of benzene rings is 2. The van der Waals surface area contributed by atoms with Gasteiger partial charge in [0, 0.05) is 23.3 Å². The Labute approximate surface area is 208 Å². The number of aromatic nitrogens is 4. The third-order valence-electron chi connectivity index (χ3n) is 5.59. The molecule has 176 valence electrons. The Morgan fingerprint density at radius 3 is 2.47 bits per heavy atom. The number of nitrogens with one attached hydrogen (secondary N) is 1. The van der Waals surface area contributed by atoms with E-state index in [0.717, 1.165) is 16.6 Å². The molecule has 1 N–H and O–H groups in total. The minimum Gasteiger partial charge on any atom is -0.462 e. The van der Waals surface area contributed by atoms with Crippen LogP contribution in [0.1, 0.15) is 32.4 Å². The van der Waals surface area contributed by atoms with Crippen LogP contribution < -0.4 is 10.1 Å². The highest BCUT2D eigenvalue weighted by Gasteiger charge is 2.34. The van der Waals surface area contributed by atoms with E-state index in [1.807, 2.05) is 60.1 Å². The average Bonchev–Trinajstić information content (AvgIpc) is 3.24. The summed E-state index contributed by atoms with van der Waals surface area (Å²) in [4.78, 5) is 17.4. The fraction of sp³-hybridized carbons (Fsp3) is 0.280. The molecule has 9 heteroatoms. The normalized spacial score (nSPS) is 13.4. The molecule has 1 amide bonds. The van der Waals surface area contributed by atoms with Gasteiger partial charge in [-0.05, 0) is 63.1 Å². The summed E-state index contributed by atoms with van der Waals surface area (Å²) in [5.41, 5.74) is 1.59. The van der Waals surface area contributed by atoms with Gasteiger partial charge in [-0.15, -0.1) is 5.10 Å². The van der Waals surface area contributed by atoms with Crippen LogP contribution in [0.15, 0.2) is 66.9 Å². The summed E-state index contributed by atoms with van der Waals surface area (Å²) in [6.07, 6.45) is 2.09. The minimum absolute atomic E-state index is 0.206. The molecule has 2 heterocycles. The van der Waals surface area contributed by atoms with Crippen LogP contribution in [0.25, 0.3) is 11.0 Å². The number of rotatable bonds is 8. The summed E-state index contributed by atoms with van der Waals surface area (Å²) in [5.74, 6) is 0.0412. The van der Waals surface area contributed by atoms with E-state index < -0.39 is 5.60 Å². The van der Waals surface area contributed by atoms with Crippen LogP contribution in [0.5, 0.6) is 5.88 Å². The second kappa shape index (κ2) is 9.99. The zero-order valence-electron chi connectivity index (χ0n) is 19.1. The van der Waals surface area contributed by atoms with E-state index in [1.54, 1.807) is 26.0 Å². The maximum absolute atomic E-state index is 13.2. The summed E-state index contributed by atoms with van der Waals surface area (Å²) in [6, 6.07) is 18.2. The molecule has 0 spiro atoms. The van der Waals surface area contributed by atoms with E-state index in [9.17, 15) is 4.79 Å². The van der Waals surface area contributed by atoms with E-state index in [2.05, 4.69) is 20.6 Å². The molecule has 0 fully saturated rings. The van der Waals surface area contributed by atoms with Gasteiger partial charge >= 0.3 is 0 Å². The smallest absolute Gasteiger partial charge is 0.263 e. The molecule has 34 heavy (non-hydrogen) atoms. The first-order valence-electron chi connectivity index (χ1n) is 10.9. The third-order valence-corrected chi connectivity index (χ3v) is 6.07. The predicted octanol–water partition coefficient (Wildman–Crippen LogP) is 5.28. The summed E-state index contributed by atoms with van der Waals surface area (Å²) < 4.78 is 7.72. The molecule has 2 unspecified atom stereocenters. The lowest BCUT2D eigenvalue weighted by Gasteiger charge is -2.30. The minimum atomic E-state index is -1.16. The van der Waals surface area contributed by atoms with Crippen molar-refractivity contribution >= 4 is 40.1 Å². The van der Waals surface area contributed by atoms with Gasteiger partial charge in [0.1, 0.15) is 5.52 Å². The highest BCUT2D eigenvalue weighted by atomic mass is 35.5. The van der Waals surface area contributed by atoms with Gasteiger partial charge in [0.2, 0.25) is 5.88 Å². The highest BCUT2D eigenvalue weighted by Crippen LogP contribution is 2.25. The van der Waals surface area contributed by atoms with Gasteiger partial charge in [-0.1, -0.05) is 52.7 Å². The Kier molecular flexibility index (Phi) is 7.05. The molecule has 7 nitrogen and oxygen atoms in total. The van der Waals surface area contributed by atoms with Crippen molar-refractivity contribution in [2.75, 3.05) is 0 Å². The lowest BCUT2D eigenvalue weighted by molar-refractivity contribution is -0.135. The van der Waals surface area contributed by atoms with Crippen molar-refractivity contribution in [3.63, 3.8) is 0 Å². The molecular formula is C25H25Cl2N5O2. The molecule has 2 aromatic carbocycles. The van der Waals surface area contributed by atoms with E-state index >= 15 is 0 Å². The van der Waals surface area contributed by atoms with Crippen LogP contribution in [0, 0.1) is 0 Å². The number of pyridine rings is 1. The number of amides is 1. The number of nitrogens with zero attached hydrogens (tertiary/aromatic N) is 4. The molecule has 0 aliphatic carbocycles. The molecule has 0 saturated carbocycles. The Balaban J connectivity index is 1.58. The van der Waals surface area contributed by atoms with Crippen LogP contribution in [-0.2, 0) is 11.2 Å². The van der Waals surface area contributed by atoms with Gasteiger partial charge < -0.3 is 10.1 Å². The van der Waals surface area contributed by atoms with Crippen LogP contribution in [0.3, 0.4) is 0 Å². The number of hydrogen-bond donors (Lipinski definition) is 1. The standard InChI is InChI=1S/C25H25Cl2N5O2/c1-16(29-24(33)25(2,3)34-23-13-12-19(27)15-28-23)22(14-17-8-10-18(26)11-9-17)32-21-7-5-4-6-20(21)30-31-32/h4-13,15-16,22H,14H2,1-3H3,(H,29,33). The van der Waals surface area contributed by atoms with Crippen molar-refractivity contribution in [2.24, 2.45) is 0 Å². The first kappa shape index (κ1) is 24.0. The Morgan fingerprint density at radius 1 is 1.06 bits per heavy atom. The topological polar surface area (TPSA) is 81.9 Å². The number of carbonyl (C=O) groups is 1. The molecular weight excluding hydrogens is 473 g/mol. The molecule has 0 bridgehead atoms. The second-order valence-electron chi connectivity index (χ2n) is 8.61. The van der Waals surface area contributed by atoms with Crippen molar-refractivity contribution in [1.82, 2.24) is 25.3 Å². The molecule has 0 aliphatic rings. The van der Waals surface area contributed by atoms with E-state index in [4.69, 9.17) is 27.9 Å². The first-order valence-corrected chi connectivity index (χ1v) is 11.6. The zero-order valence-corrected chi connectivity index (χ0v) is 20.6. The van der Waals surface area contributed by atoms with Crippen molar-refractivity contribution in [1.29, 1.82) is 0 Å². The van der Waals surface area contributed by atoms with Gasteiger partial charge in [-0.25, -0.2) is 9.67 Å². The number of fused-ring (bicyclic) bond motifs is 1. The van der Waals surface area contributed by atoms with Crippen molar-refractivity contribution in [3.8, 4) is 5.88 Å². The van der Waals surface area contributed by atoms with Crippen LogP contribution in [0.2, 0.25) is 10.0 Å². The molecule has 4 rings (SSSR count). The van der Waals surface area contributed by atoms with Crippen molar-refractivity contribution < 1.29 is 9.53 Å².